The highest BCUT2D eigenvalue weighted by Crippen LogP contribution is 2.46. The second-order valence-electron chi connectivity index (χ2n) is 9.57. The SMILES string of the molecule is O=C(CNC1CC1c1cc(F)cc(F)c1OCc1cccnc1F)N1CCC2(CCCN2)CC1. The molecule has 6 nitrogen and oxygen atoms in total. The monoisotopic (exact) mass is 474 g/mol. The summed E-state index contributed by atoms with van der Waals surface area (Å²) < 4.78 is 47.9. The molecule has 2 aliphatic heterocycles. The van der Waals surface area contributed by atoms with E-state index in [9.17, 15) is 18.0 Å². The van der Waals surface area contributed by atoms with Crippen molar-refractivity contribution in [3.8, 4) is 5.75 Å². The number of benzene rings is 1. The average molecular weight is 475 g/mol. The lowest BCUT2D eigenvalue weighted by atomic mass is 9.86. The van der Waals surface area contributed by atoms with Gasteiger partial charge in [-0.2, -0.15) is 4.39 Å². The number of halogens is 3. The third-order valence-corrected chi connectivity index (χ3v) is 7.36. The number of hydrogen-bond acceptors (Lipinski definition) is 5. The molecule has 2 N–H and O–H groups in total. The summed E-state index contributed by atoms with van der Waals surface area (Å²) in [7, 11) is 0. The van der Waals surface area contributed by atoms with E-state index >= 15 is 0 Å². The van der Waals surface area contributed by atoms with Gasteiger partial charge in [-0.05, 0) is 56.8 Å². The number of likely N-dealkylation sites (tertiary alicyclic amines) is 1. The molecule has 2 unspecified atom stereocenters. The molecular formula is C25H29F3N4O2. The van der Waals surface area contributed by atoms with E-state index in [4.69, 9.17) is 4.74 Å². The Kier molecular flexibility index (Phi) is 6.48. The Balaban J connectivity index is 1.17. The number of nitrogens with one attached hydrogen (secondary N) is 2. The maximum absolute atomic E-state index is 14.6. The smallest absolute Gasteiger partial charge is 0.236 e. The molecule has 34 heavy (non-hydrogen) atoms. The third kappa shape index (κ3) is 4.90. The molecule has 1 spiro atoms. The van der Waals surface area contributed by atoms with Gasteiger partial charge in [0.15, 0.2) is 11.6 Å². The van der Waals surface area contributed by atoms with Gasteiger partial charge in [-0.3, -0.25) is 4.79 Å². The van der Waals surface area contributed by atoms with Crippen molar-refractivity contribution < 1.29 is 22.7 Å². The van der Waals surface area contributed by atoms with E-state index in [1.165, 1.54) is 31.2 Å². The van der Waals surface area contributed by atoms with Crippen LogP contribution >= 0.6 is 0 Å². The van der Waals surface area contributed by atoms with Crippen LogP contribution in [0.1, 0.15) is 49.1 Å². The molecule has 2 aromatic rings. The van der Waals surface area contributed by atoms with Crippen LogP contribution < -0.4 is 15.4 Å². The summed E-state index contributed by atoms with van der Waals surface area (Å²) in [6.07, 6.45) is 6.29. The standard InChI is InChI=1S/C25H29F3N4O2/c26-17-11-19(23(20(27)12-17)34-15-16-3-1-7-29-24(16)28)18-13-21(18)30-14-22(33)32-9-5-25(6-10-32)4-2-8-31-25/h1,3,7,11-12,18,21,30-31H,2,4-6,8-10,13-15H2. The zero-order valence-corrected chi connectivity index (χ0v) is 19.0. The summed E-state index contributed by atoms with van der Waals surface area (Å²) in [6, 6.07) is 5.01. The van der Waals surface area contributed by atoms with E-state index in [2.05, 4.69) is 15.6 Å². The average Bonchev–Trinajstić information content (AvgIpc) is 3.47. The van der Waals surface area contributed by atoms with Crippen molar-refractivity contribution in [3.05, 3.63) is 59.2 Å². The van der Waals surface area contributed by atoms with Crippen LogP contribution in [-0.4, -0.2) is 53.6 Å². The molecular weight excluding hydrogens is 445 g/mol. The normalized spacial score (nSPS) is 23.3. The van der Waals surface area contributed by atoms with Crippen LogP contribution in [0.3, 0.4) is 0 Å². The van der Waals surface area contributed by atoms with Crippen LogP contribution in [0.5, 0.6) is 5.75 Å². The molecule has 2 saturated heterocycles. The highest BCUT2D eigenvalue weighted by atomic mass is 19.1. The molecule has 1 aliphatic carbocycles. The van der Waals surface area contributed by atoms with E-state index in [1.807, 2.05) is 4.90 Å². The first-order valence-electron chi connectivity index (χ1n) is 11.9. The second kappa shape index (κ2) is 9.54. The van der Waals surface area contributed by atoms with Crippen molar-refractivity contribution in [1.29, 1.82) is 0 Å². The maximum Gasteiger partial charge on any atom is 0.236 e. The van der Waals surface area contributed by atoms with Crippen molar-refractivity contribution in [2.75, 3.05) is 26.2 Å². The van der Waals surface area contributed by atoms with Gasteiger partial charge in [0.2, 0.25) is 11.9 Å². The minimum atomic E-state index is -0.830. The number of aromatic nitrogens is 1. The summed E-state index contributed by atoms with van der Waals surface area (Å²) in [4.78, 5) is 18.2. The van der Waals surface area contributed by atoms with Crippen molar-refractivity contribution in [3.63, 3.8) is 0 Å². The first-order valence-corrected chi connectivity index (χ1v) is 11.9. The molecule has 2 atom stereocenters. The fraction of sp³-hybridized carbons (Fsp3) is 0.520. The molecule has 182 valence electrons. The lowest BCUT2D eigenvalue weighted by Crippen LogP contribution is -2.52. The minimum absolute atomic E-state index is 0.0486. The number of hydrogen-bond donors (Lipinski definition) is 2. The molecule has 3 heterocycles. The summed E-state index contributed by atoms with van der Waals surface area (Å²) in [5.41, 5.74) is 0.783. The summed E-state index contributed by atoms with van der Waals surface area (Å²) in [6.45, 7) is 2.53. The first kappa shape index (κ1) is 23.1. The number of nitrogens with zero attached hydrogens (tertiary/aromatic N) is 2. The Morgan fingerprint density at radius 2 is 2.06 bits per heavy atom. The zero-order chi connectivity index (χ0) is 23.7. The van der Waals surface area contributed by atoms with E-state index < -0.39 is 17.6 Å². The van der Waals surface area contributed by atoms with Crippen LogP contribution in [0.4, 0.5) is 13.2 Å². The fourth-order valence-corrected chi connectivity index (χ4v) is 5.26. The largest absolute Gasteiger partial charge is 0.485 e. The number of carbonyl (C=O) groups is 1. The summed E-state index contributed by atoms with van der Waals surface area (Å²) >= 11 is 0. The highest BCUT2D eigenvalue weighted by Gasteiger charge is 2.42. The Hall–Kier alpha value is -2.65. The first-order chi connectivity index (χ1) is 16.4. The molecule has 5 rings (SSSR count). The van der Waals surface area contributed by atoms with Gasteiger partial charge in [-0.25, -0.2) is 13.8 Å². The molecule has 3 aliphatic rings. The van der Waals surface area contributed by atoms with Gasteiger partial charge < -0.3 is 20.3 Å². The van der Waals surface area contributed by atoms with Crippen LogP contribution in [0.15, 0.2) is 30.5 Å². The lowest BCUT2D eigenvalue weighted by Gasteiger charge is -2.39. The van der Waals surface area contributed by atoms with E-state index in [0.29, 0.717) is 12.0 Å². The number of ether oxygens (including phenoxy) is 1. The van der Waals surface area contributed by atoms with Crippen LogP contribution in [0, 0.1) is 17.6 Å². The van der Waals surface area contributed by atoms with Crippen molar-refractivity contribution in [2.45, 2.75) is 56.2 Å². The van der Waals surface area contributed by atoms with Gasteiger partial charge in [0.05, 0.1) is 6.54 Å². The van der Waals surface area contributed by atoms with Gasteiger partial charge in [-0.15, -0.1) is 0 Å². The van der Waals surface area contributed by atoms with Crippen LogP contribution in [-0.2, 0) is 11.4 Å². The Morgan fingerprint density at radius 3 is 2.79 bits per heavy atom. The number of amides is 1. The highest BCUT2D eigenvalue weighted by molar-refractivity contribution is 5.78. The van der Waals surface area contributed by atoms with E-state index in [-0.39, 0.29) is 47.9 Å². The Labute approximate surface area is 196 Å². The minimum Gasteiger partial charge on any atom is -0.485 e. The second-order valence-corrected chi connectivity index (χ2v) is 9.57. The predicted molar refractivity (Wildman–Crippen MR) is 120 cm³/mol. The molecule has 9 heteroatoms. The topological polar surface area (TPSA) is 66.5 Å². The number of piperidine rings is 1. The predicted octanol–water partition coefficient (Wildman–Crippen LogP) is 3.27. The van der Waals surface area contributed by atoms with Crippen molar-refractivity contribution in [2.24, 2.45) is 0 Å². The van der Waals surface area contributed by atoms with Gasteiger partial charge in [0.1, 0.15) is 12.4 Å². The summed E-state index contributed by atoms with van der Waals surface area (Å²) in [5, 5.41) is 6.84. The van der Waals surface area contributed by atoms with Gasteiger partial charge in [-0.1, -0.05) is 0 Å². The quantitative estimate of drug-likeness (QED) is 0.603. The van der Waals surface area contributed by atoms with E-state index in [0.717, 1.165) is 38.5 Å². The Bertz CT molecular complexity index is 1050. The van der Waals surface area contributed by atoms with Crippen molar-refractivity contribution in [1.82, 2.24) is 20.5 Å². The summed E-state index contributed by atoms with van der Waals surface area (Å²) in [5.74, 6) is -2.44. The Morgan fingerprint density at radius 1 is 1.24 bits per heavy atom. The number of rotatable bonds is 7. The molecule has 0 radical (unpaired) electrons. The molecule has 1 aromatic heterocycles. The fourth-order valence-electron chi connectivity index (χ4n) is 5.26. The zero-order valence-electron chi connectivity index (χ0n) is 19.0. The van der Waals surface area contributed by atoms with Gasteiger partial charge in [0, 0.05) is 54.0 Å². The van der Waals surface area contributed by atoms with Crippen LogP contribution in [0.25, 0.3) is 0 Å². The van der Waals surface area contributed by atoms with Crippen LogP contribution in [0.2, 0.25) is 0 Å². The molecule has 0 bridgehead atoms. The maximum atomic E-state index is 14.6. The number of carbonyl (C=O) groups excluding carboxylic acids is 1. The van der Waals surface area contributed by atoms with Crippen molar-refractivity contribution >= 4 is 5.91 Å². The number of pyridine rings is 1. The molecule has 1 amide bonds. The molecule has 1 aromatic carbocycles. The van der Waals surface area contributed by atoms with Gasteiger partial charge in [0.25, 0.3) is 0 Å². The molecule has 3 fully saturated rings. The lowest BCUT2D eigenvalue weighted by molar-refractivity contribution is -0.131. The third-order valence-electron chi connectivity index (χ3n) is 7.36. The van der Waals surface area contributed by atoms with Gasteiger partial charge >= 0.3 is 0 Å². The van der Waals surface area contributed by atoms with E-state index in [1.54, 1.807) is 6.07 Å². The molecule has 1 saturated carbocycles.